The smallest absolute Gasteiger partial charge is 0.230 e. The average Bonchev–Trinajstić information content (AvgIpc) is 3.32. The summed E-state index contributed by atoms with van der Waals surface area (Å²) in [6, 6.07) is 6.44. The molecule has 1 N–H and O–H groups in total. The average molecular weight is 334 g/mol. The van der Waals surface area contributed by atoms with E-state index >= 15 is 0 Å². The zero-order chi connectivity index (χ0) is 16.2. The molecule has 0 atom stereocenters. The molecule has 1 amide bonds. The van der Waals surface area contributed by atoms with E-state index in [1.165, 1.54) is 30.7 Å². The molecule has 0 saturated heterocycles. The van der Waals surface area contributed by atoms with Crippen LogP contribution in [-0.2, 0) is 17.9 Å². The number of thioether (sulfide) groups is 1. The quantitative estimate of drug-likeness (QED) is 0.791. The van der Waals surface area contributed by atoms with Gasteiger partial charge in [-0.1, -0.05) is 30.0 Å². The lowest BCUT2D eigenvalue weighted by Gasteiger charge is -2.07. The summed E-state index contributed by atoms with van der Waals surface area (Å²) in [6.45, 7) is 3.05. The molecule has 0 bridgehead atoms. The number of rotatable bonds is 7. The highest BCUT2D eigenvalue weighted by molar-refractivity contribution is 7.99. The number of amides is 1. The van der Waals surface area contributed by atoms with Crippen LogP contribution >= 0.6 is 11.8 Å². The number of hydrogen-bond acceptors (Lipinski definition) is 4. The number of hydrogen-bond donors (Lipinski definition) is 1. The molecule has 1 aliphatic rings. The summed E-state index contributed by atoms with van der Waals surface area (Å²) in [5.41, 5.74) is 0.485. The number of aromatic nitrogens is 3. The van der Waals surface area contributed by atoms with Gasteiger partial charge in [-0.25, -0.2) is 4.39 Å². The molecule has 1 saturated carbocycles. The van der Waals surface area contributed by atoms with Crippen molar-refractivity contribution in [2.45, 2.75) is 43.9 Å². The van der Waals surface area contributed by atoms with Crippen LogP contribution < -0.4 is 5.32 Å². The van der Waals surface area contributed by atoms with Crippen LogP contribution in [0.15, 0.2) is 29.4 Å². The molecule has 1 heterocycles. The van der Waals surface area contributed by atoms with Crippen LogP contribution in [0.1, 0.15) is 37.1 Å². The van der Waals surface area contributed by atoms with Gasteiger partial charge < -0.3 is 9.88 Å². The van der Waals surface area contributed by atoms with Crippen molar-refractivity contribution in [2.24, 2.45) is 0 Å². The molecule has 3 rings (SSSR count). The predicted octanol–water partition coefficient (Wildman–Crippen LogP) is 2.72. The highest BCUT2D eigenvalue weighted by Gasteiger charge is 2.30. The van der Waals surface area contributed by atoms with Crippen molar-refractivity contribution < 1.29 is 9.18 Å². The van der Waals surface area contributed by atoms with E-state index in [0.717, 1.165) is 17.5 Å². The normalized spacial score (nSPS) is 14.0. The molecule has 1 aliphatic carbocycles. The lowest BCUT2D eigenvalue weighted by molar-refractivity contribution is -0.118. The Bertz CT molecular complexity index is 699. The van der Waals surface area contributed by atoms with Gasteiger partial charge >= 0.3 is 0 Å². The van der Waals surface area contributed by atoms with E-state index in [2.05, 4.69) is 27.0 Å². The second-order valence-corrected chi connectivity index (χ2v) is 6.46. The van der Waals surface area contributed by atoms with Gasteiger partial charge in [0.2, 0.25) is 5.91 Å². The van der Waals surface area contributed by atoms with Crippen molar-refractivity contribution in [3.8, 4) is 0 Å². The van der Waals surface area contributed by atoms with Gasteiger partial charge in [-0.3, -0.25) is 4.79 Å². The Morgan fingerprint density at radius 2 is 2.17 bits per heavy atom. The molecule has 0 radical (unpaired) electrons. The summed E-state index contributed by atoms with van der Waals surface area (Å²) in [5, 5.41) is 11.9. The summed E-state index contributed by atoms with van der Waals surface area (Å²) >= 11 is 1.37. The summed E-state index contributed by atoms with van der Waals surface area (Å²) in [6.07, 6.45) is 2.35. The van der Waals surface area contributed by atoms with Gasteiger partial charge in [0.15, 0.2) is 5.16 Å². The van der Waals surface area contributed by atoms with Gasteiger partial charge in [-0.15, -0.1) is 10.2 Å². The Kier molecular flexibility index (Phi) is 4.95. The molecule has 1 fully saturated rings. The molecular weight excluding hydrogens is 315 g/mol. The minimum atomic E-state index is -0.305. The van der Waals surface area contributed by atoms with Gasteiger partial charge in [0.25, 0.3) is 0 Å². The predicted molar refractivity (Wildman–Crippen MR) is 86.6 cm³/mol. The number of halogens is 1. The van der Waals surface area contributed by atoms with Crippen molar-refractivity contribution >= 4 is 17.7 Å². The first-order chi connectivity index (χ1) is 11.2. The van der Waals surface area contributed by atoms with Crippen molar-refractivity contribution in [1.29, 1.82) is 0 Å². The van der Waals surface area contributed by atoms with Crippen molar-refractivity contribution in [3.05, 3.63) is 41.5 Å². The number of carbonyl (C=O) groups excluding carboxylic acids is 1. The standard InChI is InChI=1S/C16H19FN4OS/c1-2-21-15(11-7-8-11)19-20-16(21)23-10-14(22)18-9-12-5-3-4-6-13(12)17/h3-6,11H,2,7-10H2,1H3,(H,18,22). The van der Waals surface area contributed by atoms with Crippen LogP contribution in [0.25, 0.3) is 0 Å². The number of benzene rings is 1. The highest BCUT2D eigenvalue weighted by Crippen LogP contribution is 2.39. The molecular formula is C16H19FN4OS. The summed E-state index contributed by atoms with van der Waals surface area (Å²) in [4.78, 5) is 11.9. The monoisotopic (exact) mass is 334 g/mol. The third-order valence-corrected chi connectivity index (χ3v) is 4.74. The molecule has 0 unspecified atom stereocenters. The van der Waals surface area contributed by atoms with Crippen LogP contribution in [0.5, 0.6) is 0 Å². The van der Waals surface area contributed by atoms with E-state index in [9.17, 15) is 9.18 Å². The Morgan fingerprint density at radius 1 is 1.39 bits per heavy atom. The van der Waals surface area contributed by atoms with Gasteiger partial charge in [0.1, 0.15) is 11.6 Å². The van der Waals surface area contributed by atoms with E-state index in [1.807, 2.05) is 0 Å². The van der Waals surface area contributed by atoms with Crippen LogP contribution in [0.2, 0.25) is 0 Å². The van der Waals surface area contributed by atoms with E-state index in [-0.39, 0.29) is 24.0 Å². The third kappa shape index (κ3) is 3.90. The van der Waals surface area contributed by atoms with Gasteiger partial charge in [-0.05, 0) is 25.8 Å². The van der Waals surface area contributed by atoms with Gasteiger partial charge in [0.05, 0.1) is 5.75 Å². The van der Waals surface area contributed by atoms with Crippen molar-refractivity contribution in [2.75, 3.05) is 5.75 Å². The molecule has 23 heavy (non-hydrogen) atoms. The van der Waals surface area contributed by atoms with Crippen LogP contribution in [0.3, 0.4) is 0 Å². The highest BCUT2D eigenvalue weighted by atomic mass is 32.2. The van der Waals surface area contributed by atoms with Crippen LogP contribution in [0.4, 0.5) is 4.39 Å². The Labute approximate surface area is 138 Å². The Hall–Kier alpha value is -1.89. The Morgan fingerprint density at radius 3 is 2.87 bits per heavy atom. The maximum atomic E-state index is 13.5. The zero-order valence-corrected chi connectivity index (χ0v) is 13.8. The fourth-order valence-electron chi connectivity index (χ4n) is 2.36. The fraction of sp³-hybridized carbons (Fsp3) is 0.438. The maximum absolute atomic E-state index is 13.5. The van der Waals surface area contributed by atoms with E-state index in [4.69, 9.17) is 0 Å². The van der Waals surface area contributed by atoms with Gasteiger partial charge in [-0.2, -0.15) is 0 Å². The largest absolute Gasteiger partial charge is 0.351 e. The fourth-order valence-corrected chi connectivity index (χ4v) is 3.20. The second kappa shape index (κ2) is 7.12. The summed E-state index contributed by atoms with van der Waals surface area (Å²) in [5.74, 6) is 1.36. The molecule has 122 valence electrons. The SMILES string of the molecule is CCn1c(SCC(=O)NCc2ccccc2F)nnc1C1CC1. The van der Waals surface area contributed by atoms with E-state index in [1.54, 1.807) is 18.2 Å². The first kappa shape index (κ1) is 16.0. The summed E-state index contributed by atoms with van der Waals surface area (Å²) in [7, 11) is 0. The van der Waals surface area contributed by atoms with Crippen LogP contribution in [0, 0.1) is 5.82 Å². The van der Waals surface area contributed by atoms with E-state index in [0.29, 0.717) is 11.5 Å². The number of nitrogens with one attached hydrogen (secondary N) is 1. The Balaban J connectivity index is 1.52. The first-order valence-corrected chi connectivity index (χ1v) is 8.73. The zero-order valence-electron chi connectivity index (χ0n) is 13.0. The molecule has 7 heteroatoms. The molecule has 0 aliphatic heterocycles. The molecule has 1 aromatic carbocycles. The minimum absolute atomic E-state index is 0.142. The molecule has 2 aromatic rings. The summed E-state index contributed by atoms with van der Waals surface area (Å²) < 4.78 is 15.6. The molecule has 5 nitrogen and oxygen atoms in total. The van der Waals surface area contributed by atoms with Crippen molar-refractivity contribution in [3.63, 3.8) is 0 Å². The number of carbonyl (C=O) groups is 1. The lowest BCUT2D eigenvalue weighted by atomic mass is 10.2. The van der Waals surface area contributed by atoms with Crippen LogP contribution in [-0.4, -0.2) is 26.4 Å². The number of nitrogens with zero attached hydrogens (tertiary/aromatic N) is 3. The first-order valence-electron chi connectivity index (χ1n) is 7.75. The third-order valence-electron chi connectivity index (χ3n) is 3.77. The molecule has 0 spiro atoms. The lowest BCUT2D eigenvalue weighted by Crippen LogP contribution is -2.25. The maximum Gasteiger partial charge on any atom is 0.230 e. The topological polar surface area (TPSA) is 59.8 Å². The molecule has 1 aromatic heterocycles. The van der Waals surface area contributed by atoms with E-state index < -0.39 is 0 Å². The van der Waals surface area contributed by atoms with Crippen molar-refractivity contribution in [1.82, 2.24) is 20.1 Å². The van der Waals surface area contributed by atoms with Gasteiger partial charge in [0, 0.05) is 24.6 Å². The second-order valence-electron chi connectivity index (χ2n) is 5.52. The minimum Gasteiger partial charge on any atom is -0.351 e.